The fourth-order valence-corrected chi connectivity index (χ4v) is 4.38. The van der Waals surface area contributed by atoms with Gasteiger partial charge < -0.3 is 4.57 Å². The van der Waals surface area contributed by atoms with Crippen molar-refractivity contribution in [3.05, 3.63) is 32.5 Å². The lowest BCUT2D eigenvalue weighted by atomic mass is 10.0. The second-order valence-corrected chi connectivity index (χ2v) is 7.52. The molecule has 0 unspecified atom stereocenters. The van der Waals surface area contributed by atoms with E-state index in [2.05, 4.69) is 34.9 Å². The van der Waals surface area contributed by atoms with E-state index in [1.807, 2.05) is 16.0 Å². The highest BCUT2D eigenvalue weighted by Crippen LogP contribution is 2.39. The molecule has 0 saturated heterocycles. The Morgan fingerprint density at radius 2 is 2.24 bits per heavy atom. The molecule has 1 atom stereocenters. The summed E-state index contributed by atoms with van der Waals surface area (Å²) in [6.45, 7) is 4.18. The molecule has 1 saturated carbocycles. The lowest BCUT2D eigenvalue weighted by Gasteiger charge is -2.33. The standard InChI is InChI=1S/C15H20N4S2/c1-10-12-6-8-21-13(12)5-7-18(10)9-19-15(20)17(2)14(16-19)11-3-4-11/h6,8,10-11H,3-5,7,9H2,1-2H3/t10-/m0/s1. The zero-order chi connectivity index (χ0) is 14.6. The van der Waals surface area contributed by atoms with Gasteiger partial charge in [0.2, 0.25) is 0 Å². The Morgan fingerprint density at radius 1 is 1.43 bits per heavy atom. The number of rotatable bonds is 3. The molecule has 2 aromatic rings. The Hall–Kier alpha value is -0.980. The summed E-state index contributed by atoms with van der Waals surface area (Å²) >= 11 is 7.45. The van der Waals surface area contributed by atoms with Gasteiger partial charge in [-0.1, -0.05) is 0 Å². The van der Waals surface area contributed by atoms with Crippen molar-refractivity contribution in [1.82, 2.24) is 19.2 Å². The predicted molar refractivity (Wildman–Crippen MR) is 87.2 cm³/mol. The molecule has 112 valence electrons. The first kappa shape index (κ1) is 13.7. The summed E-state index contributed by atoms with van der Waals surface area (Å²) in [6.07, 6.45) is 3.67. The summed E-state index contributed by atoms with van der Waals surface area (Å²) in [4.78, 5) is 4.02. The third kappa shape index (κ3) is 2.29. The molecule has 1 aliphatic carbocycles. The van der Waals surface area contributed by atoms with Gasteiger partial charge in [-0.2, -0.15) is 5.10 Å². The van der Waals surface area contributed by atoms with Crippen LogP contribution in [0.5, 0.6) is 0 Å². The molecule has 0 bridgehead atoms. The van der Waals surface area contributed by atoms with Crippen LogP contribution in [0.2, 0.25) is 0 Å². The fraction of sp³-hybridized carbons (Fsp3) is 0.600. The van der Waals surface area contributed by atoms with E-state index in [0.717, 1.165) is 24.4 Å². The maximum atomic E-state index is 5.57. The van der Waals surface area contributed by atoms with E-state index in [9.17, 15) is 0 Å². The molecule has 2 aliphatic rings. The highest BCUT2D eigenvalue weighted by Gasteiger charge is 2.30. The minimum absolute atomic E-state index is 0.452. The SMILES string of the molecule is C[C@H]1c2ccsc2CCN1Cn1nc(C2CC2)n(C)c1=S. The Labute approximate surface area is 134 Å². The second-order valence-electron chi connectivity index (χ2n) is 6.15. The molecule has 2 aromatic heterocycles. The first-order valence-corrected chi connectivity index (χ1v) is 8.88. The molecule has 0 spiro atoms. The minimum atomic E-state index is 0.452. The Morgan fingerprint density at radius 3 is 3.00 bits per heavy atom. The van der Waals surface area contributed by atoms with E-state index in [4.69, 9.17) is 17.3 Å². The van der Waals surface area contributed by atoms with Crippen LogP contribution in [0, 0.1) is 4.77 Å². The zero-order valence-corrected chi connectivity index (χ0v) is 14.1. The van der Waals surface area contributed by atoms with E-state index < -0.39 is 0 Å². The van der Waals surface area contributed by atoms with E-state index in [1.54, 1.807) is 4.88 Å². The van der Waals surface area contributed by atoms with Crippen LogP contribution in [0.15, 0.2) is 11.4 Å². The molecule has 0 N–H and O–H groups in total. The average Bonchev–Trinajstić information content (AvgIpc) is 3.13. The van der Waals surface area contributed by atoms with Crippen LogP contribution in [0.4, 0.5) is 0 Å². The van der Waals surface area contributed by atoms with E-state index in [1.165, 1.54) is 24.2 Å². The van der Waals surface area contributed by atoms with Crippen LogP contribution in [-0.4, -0.2) is 25.8 Å². The van der Waals surface area contributed by atoms with Crippen molar-refractivity contribution in [2.24, 2.45) is 7.05 Å². The highest BCUT2D eigenvalue weighted by molar-refractivity contribution is 7.71. The van der Waals surface area contributed by atoms with Crippen molar-refractivity contribution in [1.29, 1.82) is 0 Å². The van der Waals surface area contributed by atoms with Gasteiger partial charge in [-0.05, 0) is 55.4 Å². The number of hydrogen-bond acceptors (Lipinski definition) is 4. The number of thiophene rings is 1. The minimum Gasteiger partial charge on any atom is -0.307 e. The summed E-state index contributed by atoms with van der Waals surface area (Å²) in [5.41, 5.74) is 1.48. The second kappa shape index (κ2) is 5.04. The van der Waals surface area contributed by atoms with Crippen LogP contribution in [0.3, 0.4) is 0 Å². The third-order valence-electron chi connectivity index (χ3n) is 4.74. The first-order chi connectivity index (χ1) is 10.1. The van der Waals surface area contributed by atoms with Crippen LogP contribution >= 0.6 is 23.6 Å². The molecule has 4 rings (SSSR count). The van der Waals surface area contributed by atoms with Gasteiger partial charge in [0.05, 0.1) is 6.67 Å². The molecule has 1 fully saturated rings. The van der Waals surface area contributed by atoms with Crippen LogP contribution in [0.1, 0.15) is 48.0 Å². The molecule has 1 aliphatic heterocycles. The van der Waals surface area contributed by atoms with Gasteiger partial charge in [0.1, 0.15) is 5.82 Å². The topological polar surface area (TPSA) is 26.0 Å². The van der Waals surface area contributed by atoms with Gasteiger partial charge in [0, 0.05) is 30.4 Å². The lowest BCUT2D eigenvalue weighted by molar-refractivity contribution is 0.144. The van der Waals surface area contributed by atoms with E-state index in [-0.39, 0.29) is 0 Å². The Kier molecular flexibility index (Phi) is 3.28. The number of aromatic nitrogens is 3. The van der Waals surface area contributed by atoms with Crippen molar-refractivity contribution in [3.8, 4) is 0 Å². The van der Waals surface area contributed by atoms with Gasteiger partial charge in [-0.3, -0.25) is 4.90 Å². The van der Waals surface area contributed by atoms with Crippen LogP contribution in [0.25, 0.3) is 0 Å². The summed E-state index contributed by atoms with van der Waals surface area (Å²) in [5, 5.41) is 6.99. The molecule has 0 radical (unpaired) electrons. The van der Waals surface area contributed by atoms with Crippen molar-refractivity contribution >= 4 is 23.6 Å². The van der Waals surface area contributed by atoms with Gasteiger partial charge in [0.25, 0.3) is 0 Å². The Bertz CT molecular complexity index is 722. The van der Waals surface area contributed by atoms with E-state index >= 15 is 0 Å². The summed E-state index contributed by atoms with van der Waals surface area (Å²) < 4.78 is 4.95. The molecular weight excluding hydrogens is 300 g/mol. The van der Waals surface area contributed by atoms with Gasteiger partial charge in [-0.25, -0.2) is 4.68 Å². The fourth-order valence-electron chi connectivity index (χ4n) is 3.22. The molecule has 6 heteroatoms. The predicted octanol–water partition coefficient (Wildman–Crippen LogP) is 3.47. The van der Waals surface area contributed by atoms with Crippen molar-refractivity contribution < 1.29 is 0 Å². The molecule has 21 heavy (non-hydrogen) atoms. The average molecular weight is 320 g/mol. The number of nitrogens with zero attached hydrogens (tertiary/aromatic N) is 4. The molecule has 3 heterocycles. The summed E-state index contributed by atoms with van der Waals surface area (Å²) in [7, 11) is 2.05. The normalized spacial score (nSPS) is 22.5. The zero-order valence-electron chi connectivity index (χ0n) is 12.5. The summed E-state index contributed by atoms with van der Waals surface area (Å²) in [6, 6.07) is 2.72. The quantitative estimate of drug-likeness (QED) is 0.810. The first-order valence-electron chi connectivity index (χ1n) is 7.59. The van der Waals surface area contributed by atoms with E-state index in [0.29, 0.717) is 12.0 Å². The van der Waals surface area contributed by atoms with Gasteiger partial charge >= 0.3 is 0 Å². The molecular formula is C15H20N4S2. The molecule has 4 nitrogen and oxygen atoms in total. The van der Waals surface area contributed by atoms with Crippen molar-refractivity contribution in [2.45, 2.75) is 44.8 Å². The van der Waals surface area contributed by atoms with Crippen LogP contribution < -0.4 is 0 Å². The molecule has 0 amide bonds. The summed E-state index contributed by atoms with van der Waals surface area (Å²) in [5.74, 6) is 1.81. The van der Waals surface area contributed by atoms with Crippen molar-refractivity contribution in [2.75, 3.05) is 6.54 Å². The maximum absolute atomic E-state index is 5.57. The third-order valence-corrected chi connectivity index (χ3v) is 6.22. The van der Waals surface area contributed by atoms with Gasteiger partial charge in [-0.15, -0.1) is 11.3 Å². The number of hydrogen-bond donors (Lipinski definition) is 0. The van der Waals surface area contributed by atoms with Crippen molar-refractivity contribution in [3.63, 3.8) is 0 Å². The Balaban J connectivity index is 1.59. The van der Waals surface area contributed by atoms with Gasteiger partial charge in [0.15, 0.2) is 4.77 Å². The highest BCUT2D eigenvalue weighted by atomic mass is 32.1. The lowest BCUT2D eigenvalue weighted by Crippen LogP contribution is -2.35. The number of fused-ring (bicyclic) bond motifs is 1. The molecule has 0 aromatic carbocycles. The van der Waals surface area contributed by atoms with Crippen LogP contribution in [-0.2, 0) is 20.1 Å². The smallest absolute Gasteiger partial charge is 0.198 e. The monoisotopic (exact) mass is 320 g/mol. The maximum Gasteiger partial charge on any atom is 0.198 e. The largest absolute Gasteiger partial charge is 0.307 e.